The van der Waals surface area contributed by atoms with Gasteiger partial charge in [-0.25, -0.2) is 4.98 Å². The number of carbonyl (C=O) groups is 1. The molecule has 1 amide bonds. The average Bonchev–Trinajstić information content (AvgIpc) is 3.28. The van der Waals surface area contributed by atoms with Crippen LogP contribution in [-0.4, -0.2) is 24.0 Å². The van der Waals surface area contributed by atoms with E-state index in [4.69, 9.17) is 0 Å². The molecule has 1 aliphatic carbocycles. The molecular formula is C18H21N3OS. The first-order valence-corrected chi connectivity index (χ1v) is 9.21. The monoisotopic (exact) mass is 327 g/mol. The normalized spacial score (nSPS) is 16.6. The van der Waals surface area contributed by atoms with Crippen LogP contribution in [0.1, 0.15) is 44.9 Å². The zero-order chi connectivity index (χ0) is 15.6. The minimum absolute atomic E-state index is 0.0453. The van der Waals surface area contributed by atoms with Crippen molar-refractivity contribution >= 4 is 23.1 Å². The van der Waals surface area contributed by atoms with Crippen LogP contribution >= 0.6 is 11.3 Å². The largest absolute Gasteiger partial charge is 0.357 e. The number of nitrogens with one attached hydrogen (secondary N) is 1. The molecule has 120 valence electrons. The van der Waals surface area contributed by atoms with Crippen molar-refractivity contribution in [2.24, 2.45) is 0 Å². The van der Waals surface area contributed by atoms with Gasteiger partial charge in [-0.15, -0.1) is 11.3 Å². The number of hydrogen-bond acceptors (Lipinski definition) is 4. The molecule has 2 aliphatic rings. The summed E-state index contributed by atoms with van der Waals surface area (Å²) in [6.45, 7) is 2.73. The minimum atomic E-state index is 0.0453. The van der Waals surface area contributed by atoms with Crippen LogP contribution in [0.3, 0.4) is 0 Å². The Kier molecular flexibility index (Phi) is 4.04. The van der Waals surface area contributed by atoms with Gasteiger partial charge in [0.25, 0.3) is 5.91 Å². The van der Waals surface area contributed by atoms with Crippen molar-refractivity contribution in [3.8, 4) is 0 Å². The highest BCUT2D eigenvalue weighted by Gasteiger charge is 2.18. The molecule has 3 heterocycles. The first kappa shape index (κ1) is 14.7. The molecule has 0 spiro atoms. The summed E-state index contributed by atoms with van der Waals surface area (Å²) in [7, 11) is 0. The van der Waals surface area contributed by atoms with E-state index >= 15 is 0 Å². The number of anilines is 1. The zero-order valence-corrected chi connectivity index (χ0v) is 14.0. The molecule has 0 bridgehead atoms. The molecule has 23 heavy (non-hydrogen) atoms. The first-order valence-electron chi connectivity index (χ1n) is 8.39. The van der Waals surface area contributed by atoms with Crippen molar-refractivity contribution in [2.45, 2.75) is 38.6 Å². The molecule has 0 aromatic carbocycles. The third-order valence-electron chi connectivity index (χ3n) is 4.66. The van der Waals surface area contributed by atoms with E-state index in [0.717, 1.165) is 42.2 Å². The second kappa shape index (κ2) is 6.32. The maximum Gasteiger partial charge on any atom is 0.261 e. The number of hydrogen-bond donors (Lipinski definition) is 1. The lowest BCUT2D eigenvalue weighted by atomic mass is 10.2. The van der Waals surface area contributed by atoms with E-state index in [2.05, 4.69) is 27.3 Å². The summed E-state index contributed by atoms with van der Waals surface area (Å²) in [4.78, 5) is 21.4. The molecule has 0 radical (unpaired) electrons. The van der Waals surface area contributed by atoms with E-state index < -0.39 is 0 Å². The molecule has 1 N–H and O–H groups in total. The Morgan fingerprint density at radius 3 is 2.91 bits per heavy atom. The van der Waals surface area contributed by atoms with Crippen molar-refractivity contribution < 1.29 is 4.79 Å². The number of pyridine rings is 1. The predicted molar refractivity (Wildman–Crippen MR) is 93.2 cm³/mol. The summed E-state index contributed by atoms with van der Waals surface area (Å²) in [6.07, 6.45) is 7.82. The van der Waals surface area contributed by atoms with Gasteiger partial charge in [-0.3, -0.25) is 4.79 Å². The highest BCUT2D eigenvalue weighted by atomic mass is 32.1. The Morgan fingerprint density at radius 1 is 1.22 bits per heavy atom. The molecule has 0 unspecified atom stereocenters. The number of rotatable bonds is 4. The smallest absolute Gasteiger partial charge is 0.261 e. The van der Waals surface area contributed by atoms with Gasteiger partial charge in [-0.2, -0.15) is 0 Å². The summed E-state index contributed by atoms with van der Waals surface area (Å²) >= 11 is 1.66. The van der Waals surface area contributed by atoms with Gasteiger partial charge < -0.3 is 10.2 Å². The molecule has 0 atom stereocenters. The molecule has 0 saturated carbocycles. The molecule has 1 fully saturated rings. The number of nitrogens with zero attached hydrogens (tertiary/aromatic N) is 2. The van der Waals surface area contributed by atoms with Crippen LogP contribution < -0.4 is 10.2 Å². The molecular weight excluding hydrogens is 306 g/mol. The van der Waals surface area contributed by atoms with E-state index in [9.17, 15) is 4.79 Å². The number of carbonyl (C=O) groups excluding carboxylic acids is 1. The standard InChI is InChI=1S/C18H21N3OS/c22-18(16-11-14-4-3-5-15(14)23-16)20-12-13-6-7-19-17(10-13)21-8-1-2-9-21/h6-7,10-11H,1-5,8-9,12H2,(H,20,22). The fourth-order valence-electron chi connectivity index (χ4n) is 3.40. The van der Waals surface area contributed by atoms with E-state index in [-0.39, 0.29) is 5.91 Å². The molecule has 2 aromatic rings. The van der Waals surface area contributed by atoms with E-state index in [1.54, 1.807) is 11.3 Å². The van der Waals surface area contributed by atoms with Crippen molar-refractivity contribution in [2.75, 3.05) is 18.0 Å². The second-order valence-electron chi connectivity index (χ2n) is 6.31. The molecule has 4 nitrogen and oxygen atoms in total. The van der Waals surface area contributed by atoms with Crippen molar-refractivity contribution in [3.63, 3.8) is 0 Å². The number of thiophene rings is 1. The maximum atomic E-state index is 12.3. The number of aromatic nitrogens is 1. The molecule has 1 saturated heterocycles. The minimum Gasteiger partial charge on any atom is -0.357 e. The van der Waals surface area contributed by atoms with Gasteiger partial charge in [-0.1, -0.05) is 0 Å². The van der Waals surface area contributed by atoms with Crippen LogP contribution in [0, 0.1) is 0 Å². The Labute approximate surface area is 140 Å². The van der Waals surface area contributed by atoms with Crippen LogP contribution in [0.5, 0.6) is 0 Å². The van der Waals surface area contributed by atoms with Crippen molar-refractivity contribution in [3.05, 3.63) is 45.3 Å². The van der Waals surface area contributed by atoms with Crippen molar-refractivity contribution in [1.82, 2.24) is 10.3 Å². The Balaban J connectivity index is 1.40. The summed E-state index contributed by atoms with van der Waals surface area (Å²) in [5.41, 5.74) is 2.49. The van der Waals surface area contributed by atoms with Crippen molar-refractivity contribution in [1.29, 1.82) is 0 Å². The SMILES string of the molecule is O=C(NCc1ccnc(N2CCCC2)c1)c1cc2c(s1)CCC2. The maximum absolute atomic E-state index is 12.3. The fourth-order valence-corrected chi connectivity index (χ4v) is 4.57. The predicted octanol–water partition coefficient (Wildman–Crippen LogP) is 3.16. The van der Waals surface area contributed by atoms with Gasteiger partial charge in [0.1, 0.15) is 5.82 Å². The van der Waals surface area contributed by atoms with Crippen LogP contribution in [0.25, 0.3) is 0 Å². The number of fused-ring (bicyclic) bond motifs is 1. The van der Waals surface area contributed by atoms with Gasteiger partial charge >= 0.3 is 0 Å². The first-order chi connectivity index (χ1) is 11.3. The van der Waals surface area contributed by atoms with E-state index in [1.165, 1.54) is 29.7 Å². The van der Waals surface area contributed by atoms with Crippen LogP contribution in [0.2, 0.25) is 0 Å². The highest BCUT2D eigenvalue weighted by Crippen LogP contribution is 2.30. The van der Waals surface area contributed by atoms with E-state index in [1.807, 2.05) is 12.3 Å². The summed E-state index contributed by atoms with van der Waals surface area (Å²) in [6, 6.07) is 6.15. The summed E-state index contributed by atoms with van der Waals surface area (Å²) < 4.78 is 0. The average molecular weight is 327 g/mol. The highest BCUT2D eigenvalue weighted by molar-refractivity contribution is 7.14. The number of amides is 1. The molecule has 5 heteroatoms. The summed E-state index contributed by atoms with van der Waals surface area (Å²) in [5, 5.41) is 3.05. The molecule has 2 aromatic heterocycles. The molecule has 4 rings (SSSR count). The quantitative estimate of drug-likeness (QED) is 0.938. The third-order valence-corrected chi connectivity index (χ3v) is 5.90. The lowest BCUT2D eigenvalue weighted by molar-refractivity contribution is 0.0955. The van der Waals surface area contributed by atoms with Gasteiger partial charge in [-0.05, 0) is 61.4 Å². The van der Waals surface area contributed by atoms with Gasteiger partial charge in [0, 0.05) is 30.7 Å². The zero-order valence-electron chi connectivity index (χ0n) is 13.2. The van der Waals surface area contributed by atoms with Gasteiger partial charge in [0.2, 0.25) is 0 Å². The topological polar surface area (TPSA) is 45.2 Å². The van der Waals surface area contributed by atoms with E-state index in [0.29, 0.717) is 6.54 Å². The van der Waals surface area contributed by atoms with Gasteiger partial charge in [0.05, 0.1) is 4.88 Å². The van der Waals surface area contributed by atoms with Crippen LogP contribution in [0.4, 0.5) is 5.82 Å². The molecule has 1 aliphatic heterocycles. The van der Waals surface area contributed by atoms with Crippen LogP contribution in [0.15, 0.2) is 24.4 Å². The number of aryl methyl sites for hydroxylation is 2. The third kappa shape index (κ3) is 3.11. The van der Waals surface area contributed by atoms with Gasteiger partial charge in [0.15, 0.2) is 0 Å². The second-order valence-corrected chi connectivity index (χ2v) is 7.45. The Hall–Kier alpha value is -1.88. The van der Waals surface area contributed by atoms with Crippen LogP contribution in [-0.2, 0) is 19.4 Å². The Morgan fingerprint density at radius 2 is 2.09 bits per heavy atom. The lowest BCUT2D eigenvalue weighted by Gasteiger charge is -2.16. The fraction of sp³-hybridized carbons (Fsp3) is 0.444. The lowest BCUT2D eigenvalue weighted by Crippen LogP contribution is -2.23. The Bertz CT molecular complexity index is 697. The summed E-state index contributed by atoms with van der Waals surface area (Å²) in [5.74, 6) is 1.08.